The van der Waals surface area contributed by atoms with Gasteiger partial charge >= 0.3 is 5.97 Å². The zero-order valence-corrected chi connectivity index (χ0v) is 24.8. The van der Waals surface area contributed by atoms with E-state index < -0.39 is 11.9 Å². The van der Waals surface area contributed by atoms with Gasteiger partial charge in [0.25, 0.3) is 0 Å². The number of aryl methyl sites for hydroxylation is 1. The SMILES string of the molecule is COc1cc(-c2ccc([C@H]3CCc4ccc(C(C5CC5)[C@H](C)C(=O)O)cc4O3)cc2CN2CCCC[C@H]2C)c(F)cn1. The highest BCUT2D eigenvalue weighted by Gasteiger charge is 2.39. The average molecular weight is 573 g/mol. The van der Waals surface area contributed by atoms with Crippen molar-refractivity contribution in [3.05, 3.63) is 76.7 Å². The smallest absolute Gasteiger partial charge is 0.306 e. The molecule has 0 bridgehead atoms. The standard InChI is InChI=1S/C35H41FN2O4/c1-21-6-4-5-15-38(21)20-27-16-25(11-13-28(27)29-18-33(41-3)37-19-30(29)36)31-14-12-23-7-10-26(17-32(23)42-31)34(24-8-9-24)22(2)35(39)40/h7,10-11,13,16-19,21-22,24,31,34H,4-6,8-9,12,14-15,20H2,1-3H3,(H,39,40)/t21-,22+,31-,34?/m1/s1. The van der Waals surface area contributed by atoms with E-state index in [4.69, 9.17) is 9.47 Å². The third-order valence-corrected chi connectivity index (χ3v) is 9.62. The minimum Gasteiger partial charge on any atom is -0.485 e. The number of methoxy groups -OCH3 is 1. The van der Waals surface area contributed by atoms with Gasteiger partial charge in [0, 0.05) is 24.2 Å². The van der Waals surface area contributed by atoms with Crippen LogP contribution in [-0.4, -0.2) is 40.7 Å². The number of carboxylic acids is 1. The summed E-state index contributed by atoms with van der Waals surface area (Å²) in [5, 5.41) is 9.76. The molecule has 3 aliphatic rings. The first-order chi connectivity index (χ1) is 20.3. The van der Waals surface area contributed by atoms with E-state index in [0.717, 1.165) is 72.3 Å². The summed E-state index contributed by atoms with van der Waals surface area (Å²) in [6.45, 7) is 5.86. The Balaban J connectivity index is 1.32. The van der Waals surface area contributed by atoms with Crippen LogP contribution < -0.4 is 9.47 Å². The Morgan fingerprint density at radius 3 is 2.69 bits per heavy atom. The second kappa shape index (κ2) is 12.0. The predicted molar refractivity (Wildman–Crippen MR) is 160 cm³/mol. The van der Waals surface area contributed by atoms with Gasteiger partial charge < -0.3 is 14.6 Å². The lowest BCUT2D eigenvalue weighted by Gasteiger charge is -2.34. The number of aromatic nitrogens is 1. The molecule has 6 rings (SSSR count). The van der Waals surface area contributed by atoms with Gasteiger partial charge in [-0.2, -0.15) is 0 Å². The Hall–Kier alpha value is -3.45. The van der Waals surface area contributed by atoms with Crippen molar-refractivity contribution in [2.24, 2.45) is 11.8 Å². The topological polar surface area (TPSA) is 71.9 Å². The number of hydrogen-bond donors (Lipinski definition) is 1. The molecule has 42 heavy (non-hydrogen) atoms. The number of carboxylic acid groups (broad SMARTS) is 1. The highest BCUT2D eigenvalue weighted by molar-refractivity contribution is 5.71. The summed E-state index contributed by atoms with van der Waals surface area (Å²) in [4.78, 5) is 18.4. The zero-order chi connectivity index (χ0) is 29.4. The van der Waals surface area contributed by atoms with Crippen molar-refractivity contribution in [2.75, 3.05) is 13.7 Å². The second-order valence-electron chi connectivity index (χ2n) is 12.4. The number of nitrogens with zero attached hydrogens (tertiary/aromatic N) is 2. The Kier molecular flexibility index (Phi) is 8.22. The molecule has 0 radical (unpaired) electrons. The van der Waals surface area contributed by atoms with Crippen LogP contribution >= 0.6 is 0 Å². The third kappa shape index (κ3) is 5.89. The molecule has 1 aromatic heterocycles. The van der Waals surface area contributed by atoms with Crippen molar-refractivity contribution >= 4 is 5.97 Å². The first kappa shape index (κ1) is 28.7. The molecule has 2 aliphatic heterocycles. The summed E-state index contributed by atoms with van der Waals surface area (Å²) < 4.78 is 27.1. The first-order valence-electron chi connectivity index (χ1n) is 15.4. The van der Waals surface area contributed by atoms with E-state index in [1.54, 1.807) is 13.2 Å². The lowest BCUT2D eigenvalue weighted by atomic mass is 9.82. The molecule has 0 amide bonds. The second-order valence-corrected chi connectivity index (χ2v) is 12.4. The Bertz CT molecular complexity index is 1450. The van der Waals surface area contributed by atoms with E-state index in [0.29, 0.717) is 23.4 Å². The number of rotatable bonds is 9. The molecule has 1 N–H and O–H groups in total. The maximum Gasteiger partial charge on any atom is 0.306 e. The van der Waals surface area contributed by atoms with Crippen molar-refractivity contribution in [3.8, 4) is 22.8 Å². The molecule has 3 aromatic rings. The number of likely N-dealkylation sites (tertiary alicyclic amines) is 1. The Labute approximate surface area is 247 Å². The van der Waals surface area contributed by atoms with Crippen LogP contribution in [0.15, 0.2) is 48.7 Å². The molecule has 6 nitrogen and oxygen atoms in total. The van der Waals surface area contributed by atoms with Crippen LogP contribution in [0, 0.1) is 17.7 Å². The number of fused-ring (bicyclic) bond motifs is 1. The van der Waals surface area contributed by atoms with Gasteiger partial charge in [0.1, 0.15) is 17.7 Å². The fourth-order valence-electron chi connectivity index (χ4n) is 6.96. The summed E-state index contributed by atoms with van der Waals surface area (Å²) in [5.74, 6) is 0.114. The summed E-state index contributed by atoms with van der Waals surface area (Å²) in [6, 6.07) is 14.7. The lowest BCUT2D eigenvalue weighted by molar-refractivity contribution is -0.142. The van der Waals surface area contributed by atoms with Gasteiger partial charge in [-0.05, 0) is 97.7 Å². The Morgan fingerprint density at radius 1 is 1.12 bits per heavy atom. The monoisotopic (exact) mass is 572 g/mol. The Morgan fingerprint density at radius 2 is 1.95 bits per heavy atom. The van der Waals surface area contributed by atoms with Gasteiger partial charge in [-0.25, -0.2) is 9.37 Å². The molecule has 1 aliphatic carbocycles. The molecule has 3 heterocycles. The predicted octanol–water partition coefficient (Wildman–Crippen LogP) is 7.55. The zero-order valence-electron chi connectivity index (χ0n) is 24.8. The average Bonchev–Trinajstić information content (AvgIpc) is 3.83. The summed E-state index contributed by atoms with van der Waals surface area (Å²) in [7, 11) is 1.54. The molecule has 2 fully saturated rings. The minimum absolute atomic E-state index is 0.00134. The number of ether oxygens (including phenoxy) is 2. The number of carbonyl (C=O) groups is 1. The van der Waals surface area contributed by atoms with Crippen molar-refractivity contribution in [2.45, 2.75) is 83.4 Å². The lowest BCUT2D eigenvalue weighted by Crippen LogP contribution is -2.36. The number of aliphatic carboxylic acids is 1. The molecule has 1 saturated heterocycles. The number of halogens is 1. The van der Waals surface area contributed by atoms with Crippen LogP contribution in [0.3, 0.4) is 0 Å². The van der Waals surface area contributed by atoms with E-state index >= 15 is 4.39 Å². The van der Waals surface area contributed by atoms with Crippen molar-refractivity contribution in [3.63, 3.8) is 0 Å². The fraction of sp³-hybridized carbons (Fsp3) is 0.486. The number of piperidine rings is 1. The summed E-state index contributed by atoms with van der Waals surface area (Å²) in [5.41, 5.74) is 5.71. The van der Waals surface area contributed by atoms with Crippen LogP contribution in [0.5, 0.6) is 11.6 Å². The molecular weight excluding hydrogens is 531 g/mol. The van der Waals surface area contributed by atoms with Crippen LogP contribution in [0.1, 0.15) is 86.6 Å². The van der Waals surface area contributed by atoms with E-state index in [-0.39, 0.29) is 17.8 Å². The van der Waals surface area contributed by atoms with Crippen molar-refractivity contribution in [1.29, 1.82) is 0 Å². The van der Waals surface area contributed by atoms with E-state index in [9.17, 15) is 9.90 Å². The minimum atomic E-state index is -0.748. The largest absolute Gasteiger partial charge is 0.485 e. The maximum atomic E-state index is 15.1. The summed E-state index contributed by atoms with van der Waals surface area (Å²) >= 11 is 0. The number of benzene rings is 2. The highest BCUT2D eigenvalue weighted by atomic mass is 19.1. The van der Waals surface area contributed by atoms with Gasteiger partial charge in [0.15, 0.2) is 0 Å². The quantitative estimate of drug-likeness (QED) is 0.285. The highest BCUT2D eigenvalue weighted by Crippen LogP contribution is 2.48. The van der Waals surface area contributed by atoms with Gasteiger partial charge in [-0.1, -0.05) is 43.7 Å². The normalized spacial score (nSPS) is 22.1. The van der Waals surface area contributed by atoms with Gasteiger partial charge in [-0.15, -0.1) is 0 Å². The van der Waals surface area contributed by atoms with E-state index in [2.05, 4.69) is 47.1 Å². The van der Waals surface area contributed by atoms with Gasteiger partial charge in [-0.3, -0.25) is 9.69 Å². The first-order valence-corrected chi connectivity index (χ1v) is 15.4. The van der Waals surface area contributed by atoms with Gasteiger partial charge in [0.2, 0.25) is 5.88 Å². The van der Waals surface area contributed by atoms with Crippen LogP contribution in [0.25, 0.3) is 11.1 Å². The van der Waals surface area contributed by atoms with Crippen LogP contribution in [0.4, 0.5) is 4.39 Å². The van der Waals surface area contributed by atoms with Crippen LogP contribution in [0.2, 0.25) is 0 Å². The third-order valence-electron chi connectivity index (χ3n) is 9.62. The van der Waals surface area contributed by atoms with Crippen LogP contribution in [-0.2, 0) is 17.8 Å². The number of hydrogen-bond acceptors (Lipinski definition) is 5. The molecule has 222 valence electrons. The van der Waals surface area contributed by atoms with E-state index in [1.807, 2.05) is 13.0 Å². The molecule has 1 unspecified atom stereocenters. The molecular formula is C35H41FN2O4. The van der Waals surface area contributed by atoms with Crippen molar-refractivity contribution in [1.82, 2.24) is 9.88 Å². The molecule has 7 heteroatoms. The molecule has 0 spiro atoms. The fourth-order valence-corrected chi connectivity index (χ4v) is 6.96. The maximum absolute atomic E-state index is 15.1. The van der Waals surface area contributed by atoms with E-state index in [1.165, 1.54) is 25.5 Å². The molecule has 4 atom stereocenters. The molecule has 2 aromatic carbocycles. The van der Waals surface area contributed by atoms with Gasteiger partial charge in [0.05, 0.1) is 19.2 Å². The molecule has 1 saturated carbocycles. The van der Waals surface area contributed by atoms with Crippen molar-refractivity contribution < 1.29 is 23.8 Å². The number of pyridine rings is 1. The summed E-state index contributed by atoms with van der Waals surface area (Å²) in [6.07, 6.45) is 8.57.